The van der Waals surface area contributed by atoms with Gasteiger partial charge in [-0.2, -0.15) is 0 Å². The van der Waals surface area contributed by atoms with Gasteiger partial charge in [0.2, 0.25) is 18.6 Å². The van der Waals surface area contributed by atoms with E-state index in [0.717, 1.165) is 11.1 Å². The average Bonchev–Trinajstić information content (AvgIpc) is 3.25. The maximum atomic E-state index is 12.6. The van der Waals surface area contributed by atoms with E-state index in [2.05, 4.69) is 5.32 Å². The molecule has 1 unspecified atom stereocenters. The Hall–Kier alpha value is -2.73. The summed E-state index contributed by atoms with van der Waals surface area (Å²) >= 11 is 6.00. The van der Waals surface area contributed by atoms with E-state index in [4.69, 9.17) is 21.1 Å². The van der Waals surface area contributed by atoms with Crippen LogP contribution in [0.25, 0.3) is 0 Å². The highest BCUT2D eigenvalue weighted by Crippen LogP contribution is 2.33. The van der Waals surface area contributed by atoms with Crippen molar-refractivity contribution >= 4 is 29.1 Å². The molecule has 7 heteroatoms. The predicted octanol–water partition coefficient (Wildman–Crippen LogP) is 3.36. The van der Waals surface area contributed by atoms with E-state index < -0.39 is 0 Å². The Bertz CT molecular complexity index is 915. The summed E-state index contributed by atoms with van der Waals surface area (Å²) in [5.41, 5.74) is 2.54. The summed E-state index contributed by atoms with van der Waals surface area (Å²) in [4.78, 5) is 26.7. The lowest BCUT2D eigenvalue weighted by Crippen LogP contribution is -2.28. The number of hydrogen-bond acceptors (Lipinski definition) is 4. The van der Waals surface area contributed by atoms with Crippen LogP contribution in [-0.2, 0) is 16.1 Å². The molecule has 1 atom stereocenters. The van der Waals surface area contributed by atoms with E-state index in [1.807, 2.05) is 31.2 Å². The predicted molar refractivity (Wildman–Crippen MR) is 101 cm³/mol. The fraction of sp³-hybridized carbons (Fsp3) is 0.300. The maximum absolute atomic E-state index is 12.6. The molecule has 2 aromatic carbocycles. The average molecular weight is 387 g/mol. The van der Waals surface area contributed by atoms with Gasteiger partial charge in [-0.1, -0.05) is 23.7 Å². The normalized spacial score (nSPS) is 18.1. The van der Waals surface area contributed by atoms with Crippen LogP contribution in [0.3, 0.4) is 0 Å². The number of fused-ring (bicyclic) bond motifs is 1. The molecular formula is C20H19ClN2O4. The third-order valence-electron chi connectivity index (χ3n) is 4.85. The van der Waals surface area contributed by atoms with E-state index in [9.17, 15) is 9.59 Å². The molecule has 27 heavy (non-hydrogen) atoms. The quantitative estimate of drug-likeness (QED) is 0.874. The molecule has 2 aromatic rings. The van der Waals surface area contributed by atoms with Gasteiger partial charge in [0.1, 0.15) is 0 Å². The molecule has 0 spiro atoms. The van der Waals surface area contributed by atoms with Crippen molar-refractivity contribution in [3.8, 4) is 11.5 Å². The molecule has 0 aliphatic carbocycles. The van der Waals surface area contributed by atoms with Crippen LogP contribution in [-0.4, -0.2) is 30.1 Å². The lowest BCUT2D eigenvalue weighted by atomic mass is 10.1. The number of halogens is 1. The number of hydrogen-bond donors (Lipinski definition) is 1. The summed E-state index contributed by atoms with van der Waals surface area (Å²) in [5, 5.41) is 3.45. The molecule has 6 nitrogen and oxygen atoms in total. The van der Waals surface area contributed by atoms with Crippen molar-refractivity contribution in [1.82, 2.24) is 4.90 Å². The molecule has 2 aliphatic heterocycles. The number of likely N-dealkylation sites (tertiary alicyclic amines) is 1. The van der Waals surface area contributed by atoms with Gasteiger partial charge < -0.3 is 19.7 Å². The number of carbonyl (C=O) groups is 2. The number of ether oxygens (including phenoxy) is 2. The monoisotopic (exact) mass is 386 g/mol. The first kappa shape index (κ1) is 17.7. The second-order valence-corrected chi connectivity index (χ2v) is 7.25. The van der Waals surface area contributed by atoms with Gasteiger partial charge in [0.25, 0.3) is 0 Å². The minimum absolute atomic E-state index is 0.0318. The first-order valence-electron chi connectivity index (χ1n) is 8.73. The Morgan fingerprint density at radius 3 is 2.89 bits per heavy atom. The van der Waals surface area contributed by atoms with E-state index in [1.165, 1.54) is 0 Å². The largest absolute Gasteiger partial charge is 0.454 e. The molecule has 1 saturated heterocycles. The van der Waals surface area contributed by atoms with Crippen molar-refractivity contribution in [2.24, 2.45) is 5.92 Å². The Labute approximate surface area is 162 Å². The fourth-order valence-corrected chi connectivity index (χ4v) is 3.50. The number of amides is 2. The van der Waals surface area contributed by atoms with E-state index in [0.29, 0.717) is 35.3 Å². The highest BCUT2D eigenvalue weighted by atomic mass is 35.5. The summed E-state index contributed by atoms with van der Waals surface area (Å²) in [6.45, 7) is 2.94. The summed E-state index contributed by atoms with van der Waals surface area (Å²) in [7, 11) is 0. The molecule has 0 aromatic heterocycles. The SMILES string of the molecule is Cc1ccc(Cl)cc1NC(=O)C1CC(=O)N(Cc2ccc3c(c2)OCO3)C1. The Morgan fingerprint density at radius 2 is 2.04 bits per heavy atom. The van der Waals surface area contributed by atoms with Gasteiger partial charge in [0.15, 0.2) is 11.5 Å². The minimum Gasteiger partial charge on any atom is -0.454 e. The van der Waals surface area contributed by atoms with Crippen LogP contribution >= 0.6 is 11.6 Å². The topological polar surface area (TPSA) is 67.9 Å². The highest BCUT2D eigenvalue weighted by molar-refractivity contribution is 6.31. The number of aryl methyl sites for hydroxylation is 1. The van der Waals surface area contributed by atoms with Crippen molar-refractivity contribution < 1.29 is 19.1 Å². The van der Waals surface area contributed by atoms with E-state index in [-0.39, 0.29) is 30.9 Å². The molecule has 2 aliphatic rings. The van der Waals surface area contributed by atoms with Crippen LogP contribution in [0.2, 0.25) is 5.02 Å². The van der Waals surface area contributed by atoms with Crippen LogP contribution in [0.15, 0.2) is 36.4 Å². The molecule has 0 bridgehead atoms. The van der Waals surface area contributed by atoms with Crippen LogP contribution in [0.4, 0.5) is 5.69 Å². The maximum Gasteiger partial charge on any atom is 0.231 e. The Kier molecular flexibility index (Phi) is 4.66. The summed E-state index contributed by atoms with van der Waals surface area (Å²) in [6.07, 6.45) is 0.204. The molecular weight excluding hydrogens is 368 g/mol. The van der Waals surface area contributed by atoms with E-state index in [1.54, 1.807) is 17.0 Å². The molecule has 4 rings (SSSR count). The van der Waals surface area contributed by atoms with Crippen molar-refractivity contribution in [2.45, 2.75) is 19.9 Å². The van der Waals surface area contributed by atoms with Crippen LogP contribution in [0, 0.1) is 12.8 Å². The summed E-state index contributed by atoms with van der Waals surface area (Å²) < 4.78 is 10.7. The minimum atomic E-state index is -0.384. The third kappa shape index (κ3) is 3.71. The number of nitrogens with zero attached hydrogens (tertiary/aromatic N) is 1. The van der Waals surface area contributed by atoms with Crippen LogP contribution in [0.5, 0.6) is 11.5 Å². The zero-order valence-electron chi connectivity index (χ0n) is 14.8. The Morgan fingerprint density at radius 1 is 1.22 bits per heavy atom. The van der Waals surface area contributed by atoms with Gasteiger partial charge >= 0.3 is 0 Å². The van der Waals surface area contributed by atoms with Gasteiger partial charge in [-0.25, -0.2) is 0 Å². The third-order valence-corrected chi connectivity index (χ3v) is 5.09. The van der Waals surface area contributed by atoms with Gasteiger partial charge in [-0.05, 0) is 42.3 Å². The number of nitrogens with one attached hydrogen (secondary N) is 1. The molecule has 0 radical (unpaired) electrons. The molecule has 2 heterocycles. The smallest absolute Gasteiger partial charge is 0.231 e. The van der Waals surface area contributed by atoms with Gasteiger partial charge in [0, 0.05) is 30.2 Å². The van der Waals surface area contributed by atoms with Crippen molar-refractivity contribution in [1.29, 1.82) is 0 Å². The molecule has 2 amide bonds. The van der Waals surface area contributed by atoms with Gasteiger partial charge in [0.05, 0.1) is 5.92 Å². The molecule has 0 saturated carbocycles. The summed E-state index contributed by atoms with van der Waals surface area (Å²) in [6, 6.07) is 11.0. The Balaban J connectivity index is 1.41. The highest BCUT2D eigenvalue weighted by Gasteiger charge is 2.34. The molecule has 1 fully saturated rings. The first-order valence-corrected chi connectivity index (χ1v) is 9.11. The number of anilines is 1. The first-order chi connectivity index (χ1) is 13.0. The van der Waals surface area contributed by atoms with Crippen molar-refractivity contribution in [3.05, 3.63) is 52.5 Å². The van der Waals surface area contributed by atoms with E-state index >= 15 is 0 Å². The second-order valence-electron chi connectivity index (χ2n) is 6.81. The fourth-order valence-electron chi connectivity index (χ4n) is 3.32. The van der Waals surface area contributed by atoms with Crippen LogP contribution in [0.1, 0.15) is 17.5 Å². The van der Waals surface area contributed by atoms with Crippen molar-refractivity contribution in [3.63, 3.8) is 0 Å². The van der Waals surface area contributed by atoms with Gasteiger partial charge in [-0.15, -0.1) is 0 Å². The summed E-state index contributed by atoms with van der Waals surface area (Å²) in [5.74, 6) is 0.813. The van der Waals surface area contributed by atoms with Crippen molar-refractivity contribution in [2.75, 3.05) is 18.7 Å². The van der Waals surface area contributed by atoms with Crippen LogP contribution < -0.4 is 14.8 Å². The molecule has 1 N–H and O–H groups in total. The van der Waals surface area contributed by atoms with Gasteiger partial charge in [-0.3, -0.25) is 9.59 Å². The number of benzene rings is 2. The number of carbonyl (C=O) groups excluding carboxylic acids is 2. The second kappa shape index (κ2) is 7.12. The standard InChI is InChI=1S/C20H19ClN2O4/c1-12-2-4-15(21)8-16(12)22-20(25)14-7-19(24)23(10-14)9-13-3-5-17-18(6-13)27-11-26-17/h2-6,8,14H,7,9-11H2,1H3,(H,22,25). The number of rotatable bonds is 4. The lowest BCUT2D eigenvalue weighted by molar-refractivity contribution is -0.128. The molecule has 140 valence electrons. The lowest BCUT2D eigenvalue weighted by Gasteiger charge is -2.17. The zero-order valence-corrected chi connectivity index (χ0v) is 15.6. The zero-order chi connectivity index (χ0) is 19.0.